The highest BCUT2D eigenvalue weighted by atomic mass is 35.5. The third-order valence-electron chi connectivity index (χ3n) is 3.48. The fraction of sp³-hybridized carbons (Fsp3) is 0.167. The molecule has 1 heterocycles. The number of nitrogens with zero attached hydrogens (tertiary/aromatic N) is 2. The summed E-state index contributed by atoms with van der Waals surface area (Å²) < 4.78 is 15.5. The Morgan fingerprint density at radius 3 is 2.73 bits per heavy atom. The van der Waals surface area contributed by atoms with Crippen molar-refractivity contribution in [1.29, 1.82) is 0 Å². The topological polar surface area (TPSA) is 74.5 Å². The van der Waals surface area contributed by atoms with E-state index in [1.54, 1.807) is 42.5 Å². The van der Waals surface area contributed by atoms with Gasteiger partial charge in [-0.2, -0.15) is 4.98 Å². The molecular weight excluding hydrogens is 379 g/mol. The normalized spacial score (nSPS) is 10.6. The first-order valence-corrected chi connectivity index (χ1v) is 8.37. The zero-order valence-electron chi connectivity index (χ0n) is 13.7. The molecule has 0 unspecified atom stereocenters. The summed E-state index contributed by atoms with van der Waals surface area (Å²) in [5, 5.41) is 4.93. The quantitative estimate of drug-likeness (QED) is 0.580. The van der Waals surface area contributed by atoms with E-state index in [0.717, 1.165) is 0 Å². The van der Waals surface area contributed by atoms with Gasteiger partial charge in [-0.1, -0.05) is 40.5 Å². The fourth-order valence-electron chi connectivity index (χ4n) is 2.29. The summed E-state index contributed by atoms with van der Waals surface area (Å²) in [6.07, 6.45) is 0.0129. The number of carbonyl (C=O) groups excluding carboxylic acids is 1. The van der Waals surface area contributed by atoms with E-state index in [1.165, 1.54) is 7.11 Å². The second kappa shape index (κ2) is 8.21. The smallest absolute Gasteiger partial charge is 0.310 e. The zero-order valence-corrected chi connectivity index (χ0v) is 15.3. The van der Waals surface area contributed by atoms with Crippen LogP contribution < -0.4 is 4.74 Å². The molecule has 1 aromatic heterocycles. The number of hydrogen-bond acceptors (Lipinski definition) is 6. The van der Waals surface area contributed by atoms with E-state index < -0.39 is 5.97 Å². The molecule has 134 valence electrons. The summed E-state index contributed by atoms with van der Waals surface area (Å²) in [5.74, 6) is 0.655. The maximum Gasteiger partial charge on any atom is 0.310 e. The highest BCUT2D eigenvalue weighted by molar-refractivity contribution is 6.31. The molecule has 0 bridgehead atoms. The first kappa shape index (κ1) is 18.2. The second-order valence-electron chi connectivity index (χ2n) is 5.32. The van der Waals surface area contributed by atoms with Gasteiger partial charge in [-0.05, 0) is 30.3 Å². The van der Waals surface area contributed by atoms with Crippen LogP contribution in [-0.2, 0) is 22.6 Å². The summed E-state index contributed by atoms with van der Waals surface area (Å²) in [6.45, 7) is -0.130. The van der Waals surface area contributed by atoms with Gasteiger partial charge in [0, 0.05) is 21.2 Å². The van der Waals surface area contributed by atoms with Crippen molar-refractivity contribution in [3.05, 3.63) is 64.0 Å². The molecule has 0 N–H and O–H groups in total. The summed E-state index contributed by atoms with van der Waals surface area (Å²) in [4.78, 5) is 16.2. The molecule has 0 spiro atoms. The fourth-order valence-corrected chi connectivity index (χ4v) is 2.68. The Bertz CT molecular complexity index is 927. The lowest BCUT2D eigenvalue weighted by Gasteiger charge is -2.08. The maximum absolute atomic E-state index is 12.1. The minimum Gasteiger partial charge on any atom is -0.496 e. The van der Waals surface area contributed by atoms with E-state index in [2.05, 4.69) is 10.1 Å². The number of esters is 1. The van der Waals surface area contributed by atoms with Gasteiger partial charge in [0.1, 0.15) is 5.75 Å². The van der Waals surface area contributed by atoms with Gasteiger partial charge in [0.15, 0.2) is 6.61 Å². The van der Waals surface area contributed by atoms with Gasteiger partial charge < -0.3 is 14.0 Å². The molecule has 26 heavy (non-hydrogen) atoms. The van der Waals surface area contributed by atoms with Crippen LogP contribution in [0.5, 0.6) is 5.75 Å². The maximum atomic E-state index is 12.1. The van der Waals surface area contributed by atoms with Crippen LogP contribution in [0.3, 0.4) is 0 Å². The molecule has 6 nitrogen and oxygen atoms in total. The van der Waals surface area contributed by atoms with Gasteiger partial charge >= 0.3 is 5.97 Å². The summed E-state index contributed by atoms with van der Waals surface area (Å²) in [5.41, 5.74) is 1.35. The molecule has 0 saturated heterocycles. The van der Waals surface area contributed by atoms with Crippen molar-refractivity contribution >= 4 is 29.2 Å². The minimum atomic E-state index is -0.465. The predicted molar refractivity (Wildman–Crippen MR) is 96.2 cm³/mol. The lowest BCUT2D eigenvalue weighted by Crippen LogP contribution is -2.09. The lowest BCUT2D eigenvalue weighted by molar-refractivity contribution is -0.144. The molecular formula is C18H14Cl2N2O4. The second-order valence-corrected chi connectivity index (χ2v) is 6.19. The van der Waals surface area contributed by atoms with Crippen molar-refractivity contribution in [1.82, 2.24) is 10.1 Å². The van der Waals surface area contributed by atoms with Crippen LogP contribution in [0.4, 0.5) is 0 Å². The predicted octanol–water partition coefficient (Wildman–Crippen LogP) is 4.34. The molecule has 3 aromatic rings. The van der Waals surface area contributed by atoms with Crippen molar-refractivity contribution in [2.24, 2.45) is 0 Å². The van der Waals surface area contributed by atoms with Crippen LogP contribution >= 0.6 is 23.2 Å². The highest BCUT2D eigenvalue weighted by Crippen LogP contribution is 2.24. The standard InChI is InChI=1S/C18H14Cl2N2O4/c1-24-15-6-5-14(20)8-12(15)9-17(23)25-10-16-21-18(22-26-16)11-3-2-4-13(19)7-11/h2-8H,9-10H2,1H3. The Balaban J connectivity index is 1.61. The van der Waals surface area contributed by atoms with E-state index >= 15 is 0 Å². The van der Waals surface area contributed by atoms with Gasteiger partial charge in [-0.25, -0.2) is 0 Å². The van der Waals surface area contributed by atoms with Crippen molar-refractivity contribution in [3.63, 3.8) is 0 Å². The summed E-state index contributed by atoms with van der Waals surface area (Å²) in [7, 11) is 1.52. The molecule has 3 rings (SSSR count). The lowest BCUT2D eigenvalue weighted by atomic mass is 10.1. The molecule has 0 aliphatic carbocycles. The van der Waals surface area contributed by atoms with Crippen LogP contribution in [0.1, 0.15) is 11.5 Å². The van der Waals surface area contributed by atoms with E-state index in [-0.39, 0.29) is 18.9 Å². The van der Waals surface area contributed by atoms with Crippen LogP contribution in [0.25, 0.3) is 11.4 Å². The van der Waals surface area contributed by atoms with Crippen molar-refractivity contribution < 1.29 is 18.8 Å². The number of benzene rings is 2. The number of ether oxygens (including phenoxy) is 2. The molecule has 0 fully saturated rings. The van der Waals surface area contributed by atoms with E-state index in [4.69, 9.17) is 37.2 Å². The number of aromatic nitrogens is 2. The molecule has 2 aromatic carbocycles. The van der Waals surface area contributed by atoms with E-state index in [1.807, 2.05) is 0 Å². The van der Waals surface area contributed by atoms with Gasteiger partial charge in [0.25, 0.3) is 5.89 Å². The Morgan fingerprint density at radius 1 is 1.15 bits per heavy atom. The third-order valence-corrected chi connectivity index (χ3v) is 3.95. The number of carbonyl (C=O) groups is 1. The largest absolute Gasteiger partial charge is 0.496 e. The summed E-state index contributed by atoms with van der Waals surface area (Å²) in [6, 6.07) is 12.1. The number of hydrogen-bond donors (Lipinski definition) is 0. The molecule has 0 saturated carbocycles. The van der Waals surface area contributed by atoms with Gasteiger partial charge in [0.05, 0.1) is 13.5 Å². The SMILES string of the molecule is COc1ccc(Cl)cc1CC(=O)OCc1nc(-c2cccc(Cl)c2)no1. The van der Waals surface area contributed by atoms with Crippen LogP contribution in [0.2, 0.25) is 10.0 Å². The van der Waals surface area contributed by atoms with Gasteiger partial charge in [0.2, 0.25) is 5.82 Å². The number of methoxy groups -OCH3 is 1. The Labute approximate surface area is 159 Å². The molecule has 0 amide bonds. The molecule has 0 aliphatic heterocycles. The molecule has 0 atom stereocenters. The monoisotopic (exact) mass is 392 g/mol. The van der Waals surface area contributed by atoms with E-state index in [9.17, 15) is 4.79 Å². The van der Waals surface area contributed by atoms with Crippen molar-refractivity contribution in [2.75, 3.05) is 7.11 Å². The first-order valence-electron chi connectivity index (χ1n) is 7.61. The summed E-state index contributed by atoms with van der Waals surface area (Å²) >= 11 is 11.9. The van der Waals surface area contributed by atoms with E-state index in [0.29, 0.717) is 32.7 Å². The average Bonchev–Trinajstić information content (AvgIpc) is 3.09. The average molecular weight is 393 g/mol. The van der Waals surface area contributed by atoms with Gasteiger partial charge in [-0.15, -0.1) is 0 Å². The molecule has 0 radical (unpaired) electrons. The highest BCUT2D eigenvalue weighted by Gasteiger charge is 2.14. The Morgan fingerprint density at radius 2 is 1.96 bits per heavy atom. The van der Waals surface area contributed by atoms with Crippen LogP contribution in [0.15, 0.2) is 47.0 Å². The Kier molecular flexibility index (Phi) is 5.75. The molecule has 0 aliphatic rings. The minimum absolute atomic E-state index is 0.0129. The number of rotatable bonds is 6. The Hall–Kier alpha value is -2.57. The van der Waals surface area contributed by atoms with Crippen molar-refractivity contribution in [2.45, 2.75) is 13.0 Å². The zero-order chi connectivity index (χ0) is 18.5. The third kappa shape index (κ3) is 4.53. The van der Waals surface area contributed by atoms with Crippen LogP contribution in [0, 0.1) is 0 Å². The van der Waals surface area contributed by atoms with Crippen molar-refractivity contribution in [3.8, 4) is 17.1 Å². The first-order chi connectivity index (χ1) is 12.5. The van der Waals surface area contributed by atoms with Gasteiger partial charge in [-0.3, -0.25) is 4.79 Å². The van der Waals surface area contributed by atoms with Crippen LogP contribution in [-0.4, -0.2) is 23.2 Å². The molecule has 8 heteroatoms. The number of halogens is 2.